The highest BCUT2D eigenvalue weighted by Gasteiger charge is 2.04. The average molecular weight is 180 g/mol. The number of ether oxygens (including phenoxy) is 1. The molecule has 1 aromatic carbocycles. The minimum absolute atomic E-state index is 0.233. The molecule has 13 heavy (non-hydrogen) atoms. The minimum atomic E-state index is 0.233. The summed E-state index contributed by atoms with van der Waals surface area (Å²) in [7, 11) is 1.69. The van der Waals surface area contributed by atoms with E-state index in [1.54, 1.807) is 7.11 Å². The van der Waals surface area contributed by atoms with Gasteiger partial charge in [0, 0.05) is 6.61 Å². The summed E-state index contributed by atoms with van der Waals surface area (Å²) in [5.41, 5.74) is 2.33. The maximum atomic E-state index is 8.72. The first-order valence-corrected chi connectivity index (χ1v) is 4.53. The third-order valence-electron chi connectivity index (χ3n) is 2.10. The number of methoxy groups -OCH3 is 1. The number of aliphatic hydroxyl groups is 1. The Morgan fingerprint density at radius 2 is 2.15 bits per heavy atom. The smallest absolute Gasteiger partial charge is 0.124 e. The van der Waals surface area contributed by atoms with Crippen LogP contribution in [0.2, 0.25) is 0 Å². The molecule has 0 unspecified atom stereocenters. The van der Waals surface area contributed by atoms with Gasteiger partial charge in [-0.2, -0.15) is 0 Å². The molecule has 0 aliphatic rings. The normalized spacial score (nSPS) is 10.1. The number of hydrogen-bond donors (Lipinski definition) is 1. The SMILES string of the molecule is COc1c(C)cccc1CCCO. The fourth-order valence-electron chi connectivity index (χ4n) is 1.47. The molecule has 0 fully saturated rings. The summed E-state index contributed by atoms with van der Waals surface area (Å²) in [6.07, 6.45) is 1.67. The number of para-hydroxylation sites is 1. The van der Waals surface area contributed by atoms with E-state index in [1.807, 2.05) is 25.1 Å². The molecular weight excluding hydrogens is 164 g/mol. The third kappa shape index (κ3) is 2.46. The van der Waals surface area contributed by atoms with Crippen molar-refractivity contribution in [3.05, 3.63) is 29.3 Å². The second-order valence-electron chi connectivity index (χ2n) is 3.09. The summed E-state index contributed by atoms with van der Waals surface area (Å²) in [5, 5.41) is 8.72. The standard InChI is InChI=1S/C11H16O2/c1-9-5-3-6-10(7-4-8-12)11(9)13-2/h3,5-6,12H,4,7-8H2,1-2H3. The molecule has 0 heterocycles. The van der Waals surface area contributed by atoms with Crippen molar-refractivity contribution in [2.24, 2.45) is 0 Å². The van der Waals surface area contributed by atoms with Crippen LogP contribution in [0, 0.1) is 6.92 Å². The number of rotatable bonds is 4. The summed E-state index contributed by atoms with van der Waals surface area (Å²) in [6, 6.07) is 6.09. The molecule has 1 rings (SSSR count). The van der Waals surface area contributed by atoms with Crippen molar-refractivity contribution in [1.29, 1.82) is 0 Å². The summed E-state index contributed by atoms with van der Waals surface area (Å²) in [6.45, 7) is 2.26. The fourth-order valence-corrected chi connectivity index (χ4v) is 1.47. The number of aryl methyl sites for hydroxylation is 2. The highest BCUT2D eigenvalue weighted by molar-refractivity contribution is 5.40. The van der Waals surface area contributed by atoms with E-state index in [0.29, 0.717) is 0 Å². The molecule has 1 N–H and O–H groups in total. The first-order chi connectivity index (χ1) is 6.29. The quantitative estimate of drug-likeness (QED) is 0.767. The second kappa shape index (κ2) is 4.87. The van der Waals surface area contributed by atoms with E-state index < -0.39 is 0 Å². The highest BCUT2D eigenvalue weighted by Crippen LogP contribution is 2.23. The highest BCUT2D eigenvalue weighted by atomic mass is 16.5. The zero-order valence-corrected chi connectivity index (χ0v) is 8.21. The molecule has 0 bridgehead atoms. The van der Waals surface area contributed by atoms with Gasteiger partial charge in [0.2, 0.25) is 0 Å². The van der Waals surface area contributed by atoms with E-state index in [-0.39, 0.29) is 6.61 Å². The lowest BCUT2D eigenvalue weighted by atomic mass is 10.1. The predicted octanol–water partition coefficient (Wildman–Crippen LogP) is 1.93. The molecule has 0 atom stereocenters. The van der Waals surface area contributed by atoms with Gasteiger partial charge in [-0.05, 0) is 30.9 Å². The van der Waals surface area contributed by atoms with Crippen LogP contribution in [0.4, 0.5) is 0 Å². The molecule has 0 aliphatic carbocycles. The third-order valence-corrected chi connectivity index (χ3v) is 2.10. The Bertz CT molecular complexity index is 269. The Labute approximate surface area is 79.2 Å². The molecule has 0 spiro atoms. The minimum Gasteiger partial charge on any atom is -0.496 e. The van der Waals surface area contributed by atoms with E-state index in [0.717, 1.165) is 24.2 Å². The van der Waals surface area contributed by atoms with Crippen LogP contribution in [0.25, 0.3) is 0 Å². The monoisotopic (exact) mass is 180 g/mol. The Balaban J connectivity index is 2.85. The van der Waals surface area contributed by atoms with Crippen LogP contribution in [-0.2, 0) is 6.42 Å². The van der Waals surface area contributed by atoms with Crippen LogP contribution in [-0.4, -0.2) is 18.8 Å². The molecule has 0 saturated heterocycles. The average Bonchev–Trinajstić information content (AvgIpc) is 2.15. The first-order valence-electron chi connectivity index (χ1n) is 4.53. The van der Waals surface area contributed by atoms with E-state index in [4.69, 9.17) is 9.84 Å². The molecular formula is C11H16O2. The Morgan fingerprint density at radius 1 is 1.38 bits per heavy atom. The van der Waals surface area contributed by atoms with Gasteiger partial charge in [-0.1, -0.05) is 18.2 Å². The van der Waals surface area contributed by atoms with Crippen molar-refractivity contribution in [3.8, 4) is 5.75 Å². The summed E-state index contributed by atoms with van der Waals surface area (Å²) < 4.78 is 5.29. The van der Waals surface area contributed by atoms with Gasteiger partial charge in [0.15, 0.2) is 0 Å². The zero-order valence-electron chi connectivity index (χ0n) is 8.21. The van der Waals surface area contributed by atoms with Crippen molar-refractivity contribution >= 4 is 0 Å². The van der Waals surface area contributed by atoms with Crippen molar-refractivity contribution in [1.82, 2.24) is 0 Å². The lowest BCUT2D eigenvalue weighted by molar-refractivity contribution is 0.287. The Kier molecular flexibility index (Phi) is 3.77. The van der Waals surface area contributed by atoms with Gasteiger partial charge in [0.1, 0.15) is 5.75 Å². The Morgan fingerprint density at radius 3 is 2.77 bits per heavy atom. The molecule has 1 aromatic rings. The van der Waals surface area contributed by atoms with Crippen LogP contribution in [0.1, 0.15) is 17.5 Å². The van der Waals surface area contributed by atoms with Crippen molar-refractivity contribution in [3.63, 3.8) is 0 Å². The molecule has 2 heteroatoms. The maximum absolute atomic E-state index is 8.72. The van der Waals surface area contributed by atoms with E-state index in [2.05, 4.69) is 0 Å². The molecule has 72 valence electrons. The zero-order chi connectivity index (χ0) is 9.68. The van der Waals surface area contributed by atoms with Crippen LogP contribution in [0.3, 0.4) is 0 Å². The molecule has 0 saturated carbocycles. The fraction of sp³-hybridized carbons (Fsp3) is 0.455. The van der Waals surface area contributed by atoms with Crippen LogP contribution in [0.5, 0.6) is 5.75 Å². The lowest BCUT2D eigenvalue weighted by Crippen LogP contribution is -1.96. The van der Waals surface area contributed by atoms with Gasteiger partial charge in [0.05, 0.1) is 7.11 Å². The van der Waals surface area contributed by atoms with Gasteiger partial charge in [-0.15, -0.1) is 0 Å². The van der Waals surface area contributed by atoms with E-state index >= 15 is 0 Å². The van der Waals surface area contributed by atoms with E-state index in [9.17, 15) is 0 Å². The Hall–Kier alpha value is -1.02. The number of aliphatic hydroxyl groups excluding tert-OH is 1. The van der Waals surface area contributed by atoms with Crippen molar-refractivity contribution < 1.29 is 9.84 Å². The van der Waals surface area contributed by atoms with Crippen molar-refractivity contribution in [2.75, 3.05) is 13.7 Å². The molecule has 0 amide bonds. The molecule has 0 radical (unpaired) electrons. The summed E-state index contributed by atoms with van der Waals surface area (Å²) in [5.74, 6) is 0.955. The topological polar surface area (TPSA) is 29.5 Å². The van der Waals surface area contributed by atoms with Gasteiger partial charge in [-0.25, -0.2) is 0 Å². The predicted molar refractivity (Wildman–Crippen MR) is 53.1 cm³/mol. The lowest BCUT2D eigenvalue weighted by Gasteiger charge is -2.10. The second-order valence-corrected chi connectivity index (χ2v) is 3.09. The first kappa shape index (κ1) is 10.1. The number of hydrogen-bond acceptors (Lipinski definition) is 2. The van der Waals surface area contributed by atoms with Crippen LogP contribution >= 0.6 is 0 Å². The van der Waals surface area contributed by atoms with Crippen LogP contribution in [0.15, 0.2) is 18.2 Å². The van der Waals surface area contributed by atoms with Gasteiger partial charge < -0.3 is 9.84 Å². The van der Waals surface area contributed by atoms with Crippen LogP contribution < -0.4 is 4.74 Å². The van der Waals surface area contributed by atoms with Gasteiger partial charge in [-0.3, -0.25) is 0 Å². The van der Waals surface area contributed by atoms with E-state index in [1.165, 1.54) is 5.56 Å². The largest absolute Gasteiger partial charge is 0.496 e. The number of benzene rings is 1. The molecule has 2 nitrogen and oxygen atoms in total. The molecule has 0 aliphatic heterocycles. The van der Waals surface area contributed by atoms with Gasteiger partial charge in [0.25, 0.3) is 0 Å². The van der Waals surface area contributed by atoms with Crippen molar-refractivity contribution in [2.45, 2.75) is 19.8 Å². The molecule has 0 aromatic heterocycles. The van der Waals surface area contributed by atoms with Gasteiger partial charge >= 0.3 is 0 Å². The summed E-state index contributed by atoms with van der Waals surface area (Å²) in [4.78, 5) is 0. The summed E-state index contributed by atoms with van der Waals surface area (Å²) >= 11 is 0. The maximum Gasteiger partial charge on any atom is 0.124 e.